The number of carbonyl (C=O) groups is 1. The van der Waals surface area contributed by atoms with Crippen molar-refractivity contribution in [2.45, 2.75) is 26.8 Å². The van der Waals surface area contributed by atoms with E-state index in [1.807, 2.05) is 42.5 Å². The molecule has 1 atom stereocenters. The lowest BCUT2D eigenvalue weighted by Crippen LogP contribution is -2.32. The van der Waals surface area contributed by atoms with Crippen LogP contribution in [0.3, 0.4) is 0 Å². The van der Waals surface area contributed by atoms with Gasteiger partial charge in [0.1, 0.15) is 36.0 Å². The summed E-state index contributed by atoms with van der Waals surface area (Å²) in [7, 11) is 1.59. The molecule has 3 aromatic rings. The van der Waals surface area contributed by atoms with Gasteiger partial charge in [-0.05, 0) is 42.7 Å². The van der Waals surface area contributed by atoms with Crippen LogP contribution < -0.4 is 19.5 Å². The summed E-state index contributed by atoms with van der Waals surface area (Å²) in [5.41, 5.74) is 2.50. The molecule has 4 rings (SSSR count). The molecule has 1 aromatic heterocycles. The number of rotatable bonds is 6. The van der Waals surface area contributed by atoms with Crippen LogP contribution in [0.15, 0.2) is 47.0 Å². The SMILES string of the molecule is COc1ccccc1-c1noc(C)c1C(=O)N[C@@H](c1ccc2c(c1)OCCO2)C(C)C. The standard InChI is InChI=1S/C24H26N2O5/c1-14(2)22(16-9-10-19-20(13-16)30-12-11-29-19)25-24(27)21-15(3)31-26-23(21)17-7-5-6-8-18(17)28-4/h5-10,13-14,22H,11-12H2,1-4H3,(H,25,27)/t22-/m1/s1. The molecule has 1 aliphatic rings. The van der Waals surface area contributed by atoms with E-state index in [9.17, 15) is 4.79 Å². The van der Waals surface area contributed by atoms with Crippen LogP contribution in [-0.4, -0.2) is 31.4 Å². The molecule has 0 fully saturated rings. The molecule has 162 valence electrons. The Morgan fingerprint density at radius 3 is 2.58 bits per heavy atom. The molecule has 0 radical (unpaired) electrons. The molecule has 31 heavy (non-hydrogen) atoms. The Labute approximate surface area is 181 Å². The second-order valence-electron chi connectivity index (χ2n) is 7.76. The number of aromatic nitrogens is 1. The normalized spacial score (nSPS) is 13.7. The van der Waals surface area contributed by atoms with Gasteiger partial charge in [0.15, 0.2) is 11.5 Å². The summed E-state index contributed by atoms with van der Waals surface area (Å²) >= 11 is 0. The van der Waals surface area contributed by atoms with Crippen LogP contribution in [0.4, 0.5) is 0 Å². The Kier molecular flexibility index (Phi) is 5.84. The van der Waals surface area contributed by atoms with Gasteiger partial charge in [-0.3, -0.25) is 4.79 Å². The quantitative estimate of drug-likeness (QED) is 0.627. The van der Waals surface area contributed by atoms with Crippen molar-refractivity contribution in [3.63, 3.8) is 0 Å². The third-order valence-electron chi connectivity index (χ3n) is 5.33. The summed E-state index contributed by atoms with van der Waals surface area (Å²) in [6, 6.07) is 13.0. The minimum atomic E-state index is -0.256. The maximum Gasteiger partial charge on any atom is 0.257 e. The fourth-order valence-electron chi connectivity index (χ4n) is 3.77. The van der Waals surface area contributed by atoms with Gasteiger partial charge < -0.3 is 24.1 Å². The Bertz CT molecular complexity index is 1090. The summed E-state index contributed by atoms with van der Waals surface area (Å²) in [6.45, 7) is 6.90. The second kappa shape index (κ2) is 8.71. The van der Waals surface area contributed by atoms with E-state index in [1.165, 1.54) is 0 Å². The van der Waals surface area contributed by atoms with Gasteiger partial charge in [0, 0.05) is 5.56 Å². The molecule has 1 amide bonds. The van der Waals surface area contributed by atoms with Crippen molar-refractivity contribution < 1.29 is 23.5 Å². The molecule has 7 heteroatoms. The monoisotopic (exact) mass is 422 g/mol. The van der Waals surface area contributed by atoms with E-state index in [-0.39, 0.29) is 17.9 Å². The zero-order chi connectivity index (χ0) is 22.0. The summed E-state index contributed by atoms with van der Waals surface area (Å²) in [5, 5.41) is 7.30. The second-order valence-corrected chi connectivity index (χ2v) is 7.76. The number of methoxy groups -OCH3 is 1. The first-order valence-corrected chi connectivity index (χ1v) is 10.3. The van der Waals surface area contributed by atoms with Crippen molar-refractivity contribution in [1.82, 2.24) is 10.5 Å². The van der Waals surface area contributed by atoms with Gasteiger partial charge >= 0.3 is 0 Å². The van der Waals surface area contributed by atoms with Gasteiger partial charge in [-0.1, -0.05) is 37.2 Å². The van der Waals surface area contributed by atoms with Crippen molar-refractivity contribution >= 4 is 5.91 Å². The number of hydrogen-bond acceptors (Lipinski definition) is 6. The van der Waals surface area contributed by atoms with Crippen LogP contribution in [0.25, 0.3) is 11.3 Å². The first-order valence-electron chi connectivity index (χ1n) is 10.3. The Morgan fingerprint density at radius 2 is 1.84 bits per heavy atom. The third kappa shape index (κ3) is 4.08. The molecule has 0 unspecified atom stereocenters. The number of fused-ring (bicyclic) bond motifs is 1. The number of para-hydroxylation sites is 1. The minimum Gasteiger partial charge on any atom is -0.496 e. The zero-order valence-electron chi connectivity index (χ0n) is 18.1. The number of carbonyl (C=O) groups excluding carboxylic acids is 1. The molecule has 1 aliphatic heterocycles. The van der Waals surface area contributed by atoms with E-state index < -0.39 is 0 Å². The van der Waals surface area contributed by atoms with Crippen LogP contribution in [0, 0.1) is 12.8 Å². The van der Waals surface area contributed by atoms with E-state index in [0.29, 0.717) is 47.3 Å². The number of nitrogens with one attached hydrogen (secondary N) is 1. The average molecular weight is 422 g/mol. The summed E-state index contributed by atoms with van der Waals surface area (Å²) < 4.78 is 22.2. The summed E-state index contributed by atoms with van der Waals surface area (Å²) in [4.78, 5) is 13.4. The van der Waals surface area contributed by atoms with E-state index in [4.69, 9.17) is 18.7 Å². The molecule has 2 aromatic carbocycles. The lowest BCUT2D eigenvalue weighted by Gasteiger charge is -2.25. The third-order valence-corrected chi connectivity index (χ3v) is 5.33. The first-order chi connectivity index (χ1) is 15.0. The predicted molar refractivity (Wildman–Crippen MR) is 116 cm³/mol. The highest BCUT2D eigenvalue weighted by molar-refractivity contribution is 6.01. The molecular weight excluding hydrogens is 396 g/mol. The van der Waals surface area contributed by atoms with Crippen molar-refractivity contribution in [2.24, 2.45) is 5.92 Å². The average Bonchev–Trinajstić information content (AvgIpc) is 3.18. The number of amides is 1. The van der Waals surface area contributed by atoms with E-state index in [2.05, 4.69) is 24.3 Å². The molecule has 0 aliphatic carbocycles. The number of benzene rings is 2. The van der Waals surface area contributed by atoms with Crippen LogP contribution in [-0.2, 0) is 0 Å². The van der Waals surface area contributed by atoms with E-state index in [1.54, 1.807) is 14.0 Å². The van der Waals surface area contributed by atoms with Gasteiger partial charge in [-0.2, -0.15) is 0 Å². The first kappa shape index (κ1) is 20.8. The van der Waals surface area contributed by atoms with E-state index in [0.717, 1.165) is 11.3 Å². The zero-order valence-corrected chi connectivity index (χ0v) is 18.1. The van der Waals surface area contributed by atoms with Crippen LogP contribution in [0.1, 0.15) is 41.6 Å². The summed E-state index contributed by atoms with van der Waals surface area (Å²) in [5.74, 6) is 2.37. The molecule has 1 N–H and O–H groups in total. The smallest absolute Gasteiger partial charge is 0.257 e. The van der Waals surface area contributed by atoms with Crippen molar-refractivity contribution in [2.75, 3.05) is 20.3 Å². The fourth-order valence-corrected chi connectivity index (χ4v) is 3.77. The highest BCUT2D eigenvalue weighted by Gasteiger charge is 2.27. The Hall–Kier alpha value is -3.48. The van der Waals surface area contributed by atoms with E-state index >= 15 is 0 Å². The molecule has 0 saturated carbocycles. The number of ether oxygens (including phenoxy) is 3. The lowest BCUT2D eigenvalue weighted by atomic mass is 9.94. The minimum absolute atomic E-state index is 0.140. The predicted octanol–water partition coefficient (Wildman–Crippen LogP) is 4.56. The largest absolute Gasteiger partial charge is 0.496 e. The highest BCUT2D eigenvalue weighted by Crippen LogP contribution is 2.36. The molecule has 0 saturated heterocycles. The molecule has 0 bridgehead atoms. The molecule has 2 heterocycles. The number of nitrogens with zero attached hydrogens (tertiary/aromatic N) is 1. The molecule has 7 nitrogen and oxygen atoms in total. The highest BCUT2D eigenvalue weighted by atomic mass is 16.6. The van der Waals surface area contributed by atoms with Gasteiger partial charge in [0.25, 0.3) is 5.91 Å². The van der Waals surface area contributed by atoms with Gasteiger partial charge in [-0.25, -0.2) is 0 Å². The fraction of sp³-hybridized carbons (Fsp3) is 0.333. The van der Waals surface area contributed by atoms with Gasteiger partial charge in [0.2, 0.25) is 0 Å². The maximum absolute atomic E-state index is 13.4. The Morgan fingerprint density at radius 1 is 1.10 bits per heavy atom. The van der Waals surface area contributed by atoms with Crippen LogP contribution in [0.2, 0.25) is 0 Å². The molecular formula is C24H26N2O5. The van der Waals surface area contributed by atoms with Gasteiger partial charge in [-0.15, -0.1) is 0 Å². The van der Waals surface area contributed by atoms with Gasteiger partial charge in [0.05, 0.1) is 13.2 Å². The molecule has 0 spiro atoms. The number of aryl methyl sites for hydroxylation is 1. The van der Waals surface area contributed by atoms with Crippen molar-refractivity contribution in [3.8, 4) is 28.5 Å². The lowest BCUT2D eigenvalue weighted by molar-refractivity contribution is 0.0924. The van der Waals surface area contributed by atoms with Crippen LogP contribution >= 0.6 is 0 Å². The maximum atomic E-state index is 13.4. The summed E-state index contributed by atoms with van der Waals surface area (Å²) in [6.07, 6.45) is 0. The Balaban J connectivity index is 1.66. The van der Waals surface area contributed by atoms with Crippen molar-refractivity contribution in [3.05, 3.63) is 59.4 Å². The topological polar surface area (TPSA) is 82.8 Å². The van der Waals surface area contributed by atoms with Crippen LogP contribution in [0.5, 0.6) is 17.2 Å². The number of hydrogen-bond donors (Lipinski definition) is 1. The van der Waals surface area contributed by atoms with Crippen molar-refractivity contribution in [1.29, 1.82) is 0 Å².